The number of primary amides is 1. The van der Waals surface area contributed by atoms with Gasteiger partial charge in [-0.05, 0) is 25.2 Å². The molecule has 108 valence electrons. The second-order valence-corrected chi connectivity index (χ2v) is 4.98. The first-order valence-corrected chi connectivity index (χ1v) is 6.44. The maximum atomic E-state index is 11.9. The van der Waals surface area contributed by atoms with Crippen LogP contribution in [0.2, 0.25) is 0 Å². The first kappa shape index (κ1) is 15.4. The fraction of sp³-hybridized carbons (Fsp3) is 0.750. The Hall–Kier alpha value is -1.63. The predicted octanol–water partition coefficient (Wildman–Crippen LogP) is -0.707. The van der Waals surface area contributed by atoms with Crippen LogP contribution >= 0.6 is 0 Å². The molecule has 0 aromatic heterocycles. The Morgan fingerprint density at radius 1 is 1.26 bits per heavy atom. The van der Waals surface area contributed by atoms with Crippen molar-refractivity contribution in [2.75, 3.05) is 13.1 Å². The minimum atomic E-state index is -0.868. The molecule has 1 fully saturated rings. The zero-order valence-corrected chi connectivity index (χ0v) is 10.9. The van der Waals surface area contributed by atoms with Crippen LogP contribution in [0.1, 0.15) is 32.1 Å². The van der Waals surface area contributed by atoms with Crippen LogP contribution in [0, 0.1) is 5.92 Å². The minimum Gasteiger partial charge on any atom is -0.481 e. The van der Waals surface area contributed by atoms with Crippen molar-refractivity contribution in [2.24, 2.45) is 17.4 Å². The monoisotopic (exact) mass is 271 g/mol. The summed E-state index contributed by atoms with van der Waals surface area (Å²) in [5.74, 6) is -1.29. The quantitative estimate of drug-likeness (QED) is 0.588. The normalized spacial score (nSPS) is 18.1. The van der Waals surface area contributed by atoms with Gasteiger partial charge < -0.3 is 21.5 Å². The highest BCUT2D eigenvalue weighted by Crippen LogP contribution is 2.22. The number of nitrogens with two attached hydrogens (primary N) is 2. The number of amides is 2. The van der Waals surface area contributed by atoms with Crippen molar-refractivity contribution >= 4 is 17.8 Å². The van der Waals surface area contributed by atoms with Crippen molar-refractivity contribution in [1.29, 1.82) is 0 Å². The van der Waals surface area contributed by atoms with Crippen molar-refractivity contribution in [1.82, 2.24) is 4.90 Å². The fourth-order valence-corrected chi connectivity index (χ4v) is 2.31. The van der Waals surface area contributed by atoms with E-state index < -0.39 is 17.9 Å². The molecule has 1 aliphatic heterocycles. The molecular weight excluding hydrogens is 250 g/mol. The van der Waals surface area contributed by atoms with E-state index in [1.165, 1.54) is 0 Å². The van der Waals surface area contributed by atoms with Gasteiger partial charge in [-0.2, -0.15) is 0 Å². The average Bonchev–Trinajstić information content (AvgIpc) is 2.35. The summed E-state index contributed by atoms with van der Waals surface area (Å²) in [7, 11) is 0. The summed E-state index contributed by atoms with van der Waals surface area (Å²) < 4.78 is 0. The third-order valence-corrected chi connectivity index (χ3v) is 3.43. The predicted molar refractivity (Wildman–Crippen MR) is 68.0 cm³/mol. The molecule has 7 heteroatoms. The van der Waals surface area contributed by atoms with E-state index in [0.29, 0.717) is 25.4 Å². The number of hydrogen-bond acceptors (Lipinski definition) is 4. The number of hydrogen-bond donors (Lipinski definition) is 3. The highest BCUT2D eigenvalue weighted by atomic mass is 16.4. The standard InChI is InChI=1S/C12H21N3O4/c13-9(7-10(14)16)12(19)15-5-3-8(4-6-15)1-2-11(17)18/h8-9H,1-7,13H2,(H2,14,16)(H,17,18). The van der Waals surface area contributed by atoms with Crippen molar-refractivity contribution in [3.8, 4) is 0 Å². The maximum absolute atomic E-state index is 11.9. The van der Waals surface area contributed by atoms with Gasteiger partial charge in [0.25, 0.3) is 0 Å². The molecule has 1 unspecified atom stereocenters. The van der Waals surface area contributed by atoms with E-state index in [9.17, 15) is 14.4 Å². The first-order valence-electron chi connectivity index (χ1n) is 6.44. The molecule has 7 nitrogen and oxygen atoms in total. The number of nitrogens with zero attached hydrogens (tertiary/aromatic N) is 1. The van der Waals surface area contributed by atoms with Gasteiger partial charge in [-0.15, -0.1) is 0 Å². The van der Waals surface area contributed by atoms with Crippen LogP contribution < -0.4 is 11.5 Å². The molecule has 19 heavy (non-hydrogen) atoms. The molecule has 1 heterocycles. The number of piperidine rings is 1. The molecule has 1 atom stereocenters. The van der Waals surface area contributed by atoms with Crippen LogP contribution in [-0.2, 0) is 14.4 Å². The Bertz CT molecular complexity index is 351. The number of carbonyl (C=O) groups is 3. The van der Waals surface area contributed by atoms with E-state index >= 15 is 0 Å². The lowest BCUT2D eigenvalue weighted by molar-refractivity contribution is -0.138. The Morgan fingerprint density at radius 3 is 2.32 bits per heavy atom. The number of carboxylic acids is 1. The molecule has 0 aromatic carbocycles. The largest absolute Gasteiger partial charge is 0.481 e. The summed E-state index contributed by atoms with van der Waals surface area (Å²) in [5, 5.41) is 8.62. The van der Waals surface area contributed by atoms with Crippen LogP contribution in [0.3, 0.4) is 0 Å². The minimum absolute atomic E-state index is 0.141. The molecule has 1 aliphatic rings. The number of rotatable bonds is 6. The summed E-state index contributed by atoms with van der Waals surface area (Å²) in [6.45, 7) is 1.13. The molecule has 0 bridgehead atoms. The molecular formula is C12H21N3O4. The Labute approximate surface area is 111 Å². The average molecular weight is 271 g/mol. The maximum Gasteiger partial charge on any atom is 0.303 e. The van der Waals surface area contributed by atoms with Gasteiger partial charge in [-0.25, -0.2) is 0 Å². The molecule has 5 N–H and O–H groups in total. The summed E-state index contributed by atoms with van der Waals surface area (Å²) in [6.07, 6.45) is 2.23. The molecule has 2 amide bonds. The number of aliphatic carboxylic acids is 1. The Morgan fingerprint density at radius 2 is 1.84 bits per heavy atom. The lowest BCUT2D eigenvalue weighted by atomic mass is 9.92. The van der Waals surface area contributed by atoms with E-state index in [0.717, 1.165) is 12.8 Å². The van der Waals surface area contributed by atoms with Gasteiger partial charge >= 0.3 is 5.97 Å². The van der Waals surface area contributed by atoms with Gasteiger partial charge in [0.15, 0.2) is 0 Å². The first-order chi connectivity index (χ1) is 8.90. The Balaban J connectivity index is 2.34. The van der Waals surface area contributed by atoms with Gasteiger partial charge in [-0.1, -0.05) is 0 Å². The Kier molecular flexibility index (Phi) is 5.75. The second-order valence-electron chi connectivity index (χ2n) is 4.98. The summed E-state index contributed by atoms with van der Waals surface area (Å²) in [5.41, 5.74) is 10.6. The summed E-state index contributed by atoms with van der Waals surface area (Å²) in [6, 6.07) is -0.868. The van der Waals surface area contributed by atoms with Crippen molar-refractivity contribution in [2.45, 2.75) is 38.1 Å². The zero-order chi connectivity index (χ0) is 14.4. The molecule has 0 saturated carbocycles. The van der Waals surface area contributed by atoms with Gasteiger partial charge in [-0.3, -0.25) is 14.4 Å². The number of carboxylic acid groups (broad SMARTS) is 1. The van der Waals surface area contributed by atoms with Crippen LogP contribution in [0.25, 0.3) is 0 Å². The van der Waals surface area contributed by atoms with Crippen LogP contribution in [0.15, 0.2) is 0 Å². The zero-order valence-electron chi connectivity index (χ0n) is 10.9. The van der Waals surface area contributed by atoms with E-state index in [-0.39, 0.29) is 18.7 Å². The molecule has 0 radical (unpaired) electrons. The van der Waals surface area contributed by atoms with E-state index in [2.05, 4.69) is 0 Å². The van der Waals surface area contributed by atoms with Crippen LogP contribution in [0.4, 0.5) is 0 Å². The van der Waals surface area contributed by atoms with Crippen molar-refractivity contribution in [3.63, 3.8) is 0 Å². The van der Waals surface area contributed by atoms with Gasteiger partial charge in [0.2, 0.25) is 11.8 Å². The highest BCUT2D eigenvalue weighted by molar-refractivity contribution is 5.87. The molecule has 0 aromatic rings. The lowest BCUT2D eigenvalue weighted by Gasteiger charge is -2.33. The summed E-state index contributed by atoms with van der Waals surface area (Å²) in [4.78, 5) is 34.7. The summed E-state index contributed by atoms with van der Waals surface area (Å²) >= 11 is 0. The van der Waals surface area contributed by atoms with Gasteiger partial charge in [0, 0.05) is 19.5 Å². The molecule has 1 rings (SSSR count). The van der Waals surface area contributed by atoms with Gasteiger partial charge in [0.05, 0.1) is 12.5 Å². The molecule has 0 spiro atoms. The lowest BCUT2D eigenvalue weighted by Crippen LogP contribution is -2.48. The smallest absolute Gasteiger partial charge is 0.303 e. The second kappa shape index (κ2) is 7.08. The molecule has 1 saturated heterocycles. The molecule has 0 aliphatic carbocycles. The number of carbonyl (C=O) groups excluding carboxylic acids is 2. The van der Waals surface area contributed by atoms with Crippen molar-refractivity contribution in [3.05, 3.63) is 0 Å². The third-order valence-electron chi connectivity index (χ3n) is 3.43. The fourth-order valence-electron chi connectivity index (χ4n) is 2.31. The van der Waals surface area contributed by atoms with Crippen LogP contribution in [0.5, 0.6) is 0 Å². The van der Waals surface area contributed by atoms with Crippen molar-refractivity contribution < 1.29 is 19.5 Å². The SMILES string of the molecule is NC(=O)CC(N)C(=O)N1CCC(CCC(=O)O)CC1. The number of likely N-dealkylation sites (tertiary alicyclic amines) is 1. The van der Waals surface area contributed by atoms with E-state index in [1.54, 1.807) is 4.90 Å². The van der Waals surface area contributed by atoms with Crippen LogP contribution in [-0.4, -0.2) is 46.9 Å². The van der Waals surface area contributed by atoms with Gasteiger partial charge in [0.1, 0.15) is 0 Å². The highest BCUT2D eigenvalue weighted by Gasteiger charge is 2.27. The topological polar surface area (TPSA) is 127 Å². The third kappa shape index (κ3) is 5.25. The van der Waals surface area contributed by atoms with E-state index in [1.807, 2.05) is 0 Å². The van der Waals surface area contributed by atoms with E-state index in [4.69, 9.17) is 16.6 Å².